The van der Waals surface area contributed by atoms with Crippen LogP contribution in [0, 0.1) is 5.92 Å². The van der Waals surface area contributed by atoms with Crippen LogP contribution in [0.3, 0.4) is 0 Å². The number of rotatable bonds is 3. The van der Waals surface area contributed by atoms with Crippen molar-refractivity contribution >= 4 is 51.4 Å². The van der Waals surface area contributed by atoms with Crippen molar-refractivity contribution in [2.75, 3.05) is 6.54 Å². The van der Waals surface area contributed by atoms with Gasteiger partial charge < -0.3 is 10.1 Å². The van der Waals surface area contributed by atoms with E-state index in [4.69, 9.17) is 9.72 Å². The first-order valence-corrected chi connectivity index (χ1v) is 11.4. The molecule has 3 unspecified atom stereocenters. The fourth-order valence-corrected chi connectivity index (χ4v) is 6.68. The summed E-state index contributed by atoms with van der Waals surface area (Å²) in [6.07, 6.45) is 5.34. The van der Waals surface area contributed by atoms with Gasteiger partial charge in [0.25, 0.3) is 0 Å². The van der Waals surface area contributed by atoms with E-state index in [1.807, 2.05) is 33.1 Å². The molecule has 4 rings (SSSR count). The summed E-state index contributed by atoms with van der Waals surface area (Å²) in [6.45, 7) is 9.43. The van der Waals surface area contributed by atoms with Crippen molar-refractivity contribution < 1.29 is 14.3 Å². The Morgan fingerprint density at radius 1 is 1.33 bits per heavy atom. The molecule has 0 spiro atoms. The predicted molar refractivity (Wildman–Crippen MR) is 120 cm³/mol. The summed E-state index contributed by atoms with van der Waals surface area (Å²) in [4.78, 5) is 39.0. The quantitative estimate of drug-likeness (QED) is 0.726. The lowest BCUT2D eigenvalue weighted by molar-refractivity contribution is -0.160. The Kier molecular flexibility index (Phi) is 5.22. The van der Waals surface area contributed by atoms with Gasteiger partial charge in [0.2, 0.25) is 10.8 Å². The number of carbonyl (C=O) groups is 2. The lowest BCUT2D eigenvalue weighted by atomic mass is 9.83. The van der Waals surface area contributed by atoms with Crippen molar-refractivity contribution in [2.24, 2.45) is 10.9 Å². The number of nitrogens with one attached hydrogen (secondary N) is 1. The molecule has 4 heterocycles. The van der Waals surface area contributed by atoms with Crippen LogP contribution in [0.4, 0.5) is 0 Å². The van der Waals surface area contributed by atoms with Crippen LogP contribution in [0.15, 0.2) is 33.9 Å². The van der Waals surface area contributed by atoms with Crippen molar-refractivity contribution in [1.82, 2.24) is 15.3 Å². The average Bonchev–Trinajstić information content (AvgIpc) is 3.19. The Hall–Kier alpha value is -2.26. The van der Waals surface area contributed by atoms with Crippen LogP contribution in [0.5, 0.6) is 0 Å². The highest BCUT2D eigenvalue weighted by Crippen LogP contribution is 2.58. The Morgan fingerprint density at radius 3 is 2.77 bits per heavy atom. The molecule has 1 amide bonds. The Labute approximate surface area is 183 Å². The summed E-state index contributed by atoms with van der Waals surface area (Å²) in [5.74, 6) is -1.20. The molecule has 0 bridgehead atoms. The van der Waals surface area contributed by atoms with Gasteiger partial charge in [-0.2, -0.15) is 0 Å². The number of dihydropyridines is 1. The summed E-state index contributed by atoms with van der Waals surface area (Å²) in [5.41, 5.74) is 1.15. The molecule has 9 heteroatoms. The summed E-state index contributed by atoms with van der Waals surface area (Å²) in [5, 5.41) is 3.71. The highest BCUT2D eigenvalue weighted by molar-refractivity contribution is 8.05. The second-order valence-electron chi connectivity index (χ2n) is 8.51. The molecule has 0 aliphatic carbocycles. The molecule has 3 atom stereocenters. The Morgan fingerprint density at radius 2 is 2.10 bits per heavy atom. The number of amides is 1. The SMILES string of the molecule is CC(=O)NC1(C(=O)OC(C)(C)C)SC2=C(C(C)C=NC2)C1c1nc2cnccc2s1. The number of thiazole rings is 1. The highest BCUT2D eigenvalue weighted by atomic mass is 32.2. The van der Waals surface area contributed by atoms with E-state index < -0.39 is 22.4 Å². The van der Waals surface area contributed by atoms with Crippen molar-refractivity contribution in [3.63, 3.8) is 0 Å². The number of aromatic nitrogens is 2. The second-order valence-corrected chi connectivity index (χ2v) is 10.9. The van der Waals surface area contributed by atoms with Gasteiger partial charge in [-0.05, 0) is 32.4 Å². The van der Waals surface area contributed by atoms with E-state index in [2.05, 4.69) is 22.2 Å². The zero-order valence-electron chi connectivity index (χ0n) is 17.6. The number of fused-ring (bicyclic) bond motifs is 1. The third-order valence-electron chi connectivity index (χ3n) is 4.90. The summed E-state index contributed by atoms with van der Waals surface area (Å²) in [7, 11) is 0. The lowest BCUT2D eigenvalue weighted by Gasteiger charge is -2.36. The van der Waals surface area contributed by atoms with Crippen molar-refractivity contribution in [1.29, 1.82) is 0 Å². The number of carbonyl (C=O) groups excluding carboxylic acids is 2. The molecule has 30 heavy (non-hydrogen) atoms. The van der Waals surface area contributed by atoms with Gasteiger partial charge in [0.05, 0.1) is 28.9 Å². The van der Waals surface area contributed by atoms with Gasteiger partial charge in [0.1, 0.15) is 10.6 Å². The fraction of sp³-hybridized carbons (Fsp3) is 0.476. The minimum atomic E-state index is -1.33. The van der Waals surface area contributed by atoms with E-state index in [-0.39, 0.29) is 11.8 Å². The first-order chi connectivity index (χ1) is 14.1. The number of aliphatic imine (C=N–C) groups is 1. The van der Waals surface area contributed by atoms with Crippen LogP contribution < -0.4 is 5.32 Å². The normalized spacial score (nSPS) is 26.0. The minimum absolute atomic E-state index is 0.0226. The van der Waals surface area contributed by atoms with Crippen LogP contribution in [-0.2, 0) is 14.3 Å². The van der Waals surface area contributed by atoms with Crippen LogP contribution in [0.1, 0.15) is 45.5 Å². The monoisotopic (exact) mass is 444 g/mol. The molecule has 1 N–H and O–H groups in total. The largest absolute Gasteiger partial charge is 0.458 e. The van der Waals surface area contributed by atoms with Gasteiger partial charge in [0.15, 0.2) is 0 Å². The van der Waals surface area contributed by atoms with E-state index in [1.54, 1.807) is 12.4 Å². The average molecular weight is 445 g/mol. The predicted octanol–water partition coefficient (Wildman–Crippen LogP) is 3.67. The van der Waals surface area contributed by atoms with Gasteiger partial charge in [-0.15, -0.1) is 11.3 Å². The summed E-state index contributed by atoms with van der Waals surface area (Å²) in [6, 6.07) is 1.91. The molecule has 0 saturated carbocycles. The van der Waals surface area contributed by atoms with Crippen LogP contribution in [0.25, 0.3) is 10.2 Å². The number of thioether (sulfide) groups is 1. The fourth-order valence-electron chi connectivity index (χ4n) is 3.86. The molecule has 2 aliphatic heterocycles. The maximum absolute atomic E-state index is 13.6. The lowest BCUT2D eigenvalue weighted by Crippen LogP contribution is -2.56. The first-order valence-electron chi connectivity index (χ1n) is 9.75. The van der Waals surface area contributed by atoms with E-state index in [1.165, 1.54) is 30.0 Å². The van der Waals surface area contributed by atoms with Gasteiger partial charge >= 0.3 is 5.97 Å². The Balaban J connectivity index is 1.90. The minimum Gasteiger partial charge on any atom is -0.458 e. The standard InChI is InChI=1S/C21H24N4O3S2/c1-11-8-23-10-15-16(11)17(18-24-13-9-22-7-6-14(13)29-18)21(30-15,25-12(2)26)19(27)28-20(3,4)5/h6-9,11,17H,10H2,1-5H3,(H,25,26). The smallest absolute Gasteiger partial charge is 0.344 e. The molecule has 2 aromatic rings. The van der Waals surface area contributed by atoms with Crippen LogP contribution >= 0.6 is 23.1 Å². The number of esters is 1. The third kappa shape index (κ3) is 3.65. The molecule has 0 radical (unpaired) electrons. The van der Waals surface area contributed by atoms with Gasteiger partial charge in [-0.3, -0.25) is 14.8 Å². The van der Waals surface area contributed by atoms with Crippen molar-refractivity contribution in [2.45, 2.75) is 51.0 Å². The maximum Gasteiger partial charge on any atom is 0.344 e. The zero-order chi connectivity index (χ0) is 21.7. The number of pyridine rings is 1. The summed E-state index contributed by atoms with van der Waals surface area (Å²) < 4.78 is 6.80. The number of hydrogen-bond acceptors (Lipinski definition) is 8. The molecule has 2 aliphatic rings. The molecular weight excluding hydrogens is 420 g/mol. The Bertz CT molecular complexity index is 1050. The van der Waals surface area contributed by atoms with E-state index >= 15 is 0 Å². The molecule has 0 aromatic carbocycles. The molecule has 7 nitrogen and oxygen atoms in total. The van der Waals surface area contributed by atoms with Crippen LogP contribution in [-0.4, -0.2) is 45.1 Å². The summed E-state index contributed by atoms with van der Waals surface area (Å²) >= 11 is 2.86. The third-order valence-corrected chi connectivity index (χ3v) is 7.43. The van der Waals surface area contributed by atoms with E-state index in [9.17, 15) is 9.59 Å². The number of hydrogen-bond donors (Lipinski definition) is 1. The molecular formula is C21H24N4O3S2. The van der Waals surface area contributed by atoms with Gasteiger partial charge in [0, 0.05) is 30.2 Å². The number of nitrogens with zero attached hydrogens (tertiary/aromatic N) is 3. The molecule has 0 saturated heterocycles. The molecule has 158 valence electrons. The zero-order valence-corrected chi connectivity index (χ0v) is 19.2. The van der Waals surface area contributed by atoms with Gasteiger partial charge in [-0.25, -0.2) is 9.78 Å². The second kappa shape index (κ2) is 7.46. The van der Waals surface area contributed by atoms with Gasteiger partial charge in [-0.1, -0.05) is 18.7 Å². The van der Waals surface area contributed by atoms with Crippen LogP contribution in [0.2, 0.25) is 0 Å². The maximum atomic E-state index is 13.6. The van der Waals surface area contributed by atoms with Crippen molar-refractivity contribution in [3.8, 4) is 0 Å². The molecule has 2 aromatic heterocycles. The molecule has 0 fully saturated rings. The number of ether oxygens (including phenoxy) is 1. The van der Waals surface area contributed by atoms with E-state index in [0.29, 0.717) is 6.54 Å². The first kappa shape index (κ1) is 21.0. The van der Waals surface area contributed by atoms with Crippen molar-refractivity contribution in [3.05, 3.63) is 33.9 Å². The topological polar surface area (TPSA) is 93.5 Å². The van der Waals surface area contributed by atoms with E-state index in [0.717, 1.165) is 25.7 Å². The highest BCUT2D eigenvalue weighted by Gasteiger charge is 2.59.